The molecular formula is C19H20FN3O3. The molecule has 2 N–H and O–H groups in total. The summed E-state index contributed by atoms with van der Waals surface area (Å²) in [5.74, 6) is -0.467. The van der Waals surface area contributed by atoms with Crippen LogP contribution in [0, 0.1) is 18.7 Å². The highest BCUT2D eigenvalue weighted by Crippen LogP contribution is 2.42. The Morgan fingerprint density at radius 1 is 1.38 bits per heavy atom. The van der Waals surface area contributed by atoms with E-state index in [4.69, 9.17) is 4.74 Å². The molecule has 0 aliphatic heterocycles. The summed E-state index contributed by atoms with van der Waals surface area (Å²) in [6, 6.07) is 6.02. The van der Waals surface area contributed by atoms with Gasteiger partial charge >= 0.3 is 0 Å². The van der Waals surface area contributed by atoms with Gasteiger partial charge in [0.1, 0.15) is 11.6 Å². The molecular weight excluding hydrogens is 337 g/mol. The minimum absolute atomic E-state index is 0.0127. The SMILES string of the molecule is COC(c1ccc(NC(=O)c2cc(NC=O)c(C)cc2F)nc1)C1CC1. The summed E-state index contributed by atoms with van der Waals surface area (Å²) in [4.78, 5) is 27.2. The van der Waals surface area contributed by atoms with Crippen molar-refractivity contribution in [1.29, 1.82) is 0 Å². The molecule has 1 aliphatic rings. The van der Waals surface area contributed by atoms with Crippen LogP contribution in [0.4, 0.5) is 15.9 Å². The van der Waals surface area contributed by atoms with Crippen molar-refractivity contribution < 1.29 is 18.7 Å². The van der Waals surface area contributed by atoms with E-state index in [-0.39, 0.29) is 11.7 Å². The zero-order valence-electron chi connectivity index (χ0n) is 14.6. The molecule has 1 saturated carbocycles. The maximum absolute atomic E-state index is 14.1. The molecule has 1 aromatic heterocycles. The minimum Gasteiger partial charge on any atom is -0.376 e. The summed E-state index contributed by atoms with van der Waals surface area (Å²) in [6.07, 6.45) is 4.43. The lowest BCUT2D eigenvalue weighted by molar-refractivity contribution is -0.105. The van der Waals surface area contributed by atoms with Crippen LogP contribution in [0.5, 0.6) is 0 Å². The number of ether oxygens (including phenoxy) is 1. The van der Waals surface area contributed by atoms with Crippen LogP contribution in [0.15, 0.2) is 30.5 Å². The Labute approximate surface area is 150 Å². The molecule has 2 aromatic rings. The first-order valence-electron chi connectivity index (χ1n) is 8.34. The monoisotopic (exact) mass is 357 g/mol. The molecule has 0 spiro atoms. The Bertz CT molecular complexity index is 820. The van der Waals surface area contributed by atoms with Crippen LogP contribution in [0.25, 0.3) is 0 Å². The fraction of sp³-hybridized carbons (Fsp3) is 0.316. The average molecular weight is 357 g/mol. The minimum atomic E-state index is -0.666. The standard InChI is InChI=1S/C19H20FN3O3/c1-11-7-15(20)14(8-16(11)22-10-24)19(25)23-17-6-5-13(9-21-17)18(26-2)12-3-4-12/h5-10,12,18H,3-4H2,1-2H3,(H,22,24)(H,21,23,25). The number of methoxy groups -OCH3 is 1. The Balaban J connectivity index is 1.75. The lowest BCUT2D eigenvalue weighted by atomic mass is 10.1. The molecule has 7 heteroatoms. The fourth-order valence-corrected chi connectivity index (χ4v) is 2.90. The quantitative estimate of drug-likeness (QED) is 0.744. The first-order chi connectivity index (χ1) is 12.5. The number of benzene rings is 1. The molecule has 0 radical (unpaired) electrons. The van der Waals surface area contributed by atoms with Crippen LogP contribution in [0.3, 0.4) is 0 Å². The predicted octanol–water partition coefficient (Wildman–Crippen LogP) is 3.45. The van der Waals surface area contributed by atoms with Crippen molar-refractivity contribution in [1.82, 2.24) is 4.98 Å². The third-order valence-corrected chi connectivity index (χ3v) is 4.43. The number of carbonyl (C=O) groups excluding carboxylic acids is 2. The average Bonchev–Trinajstić information content (AvgIpc) is 3.44. The zero-order chi connectivity index (χ0) is 18.7. The molecule has 136 valence electrons. The number of amides is 2. The molecule has 0 saturated heterocycles. The highest BCUT2D eigenvalue weighted by Gasteiger charge is 2.32. The van der Waals surface area contributed by atoms with E-state index in [1.54, 1.807) is 26.3 Å². The number of hydrogen-bond donors (Lipinski definition) is 2. The number of aromatic nitrogens is 1. The van der Waals surface area contributed by atoms with E-state index in [1.807, 2.05) is 6.07 Å². The van der Waals surface area contributed by atoms with E-state index in [2.05, 4.69) is 15.6 Å². The molecule has 1 aliphatic carbocycles. The van der Waals surface area contributed by atoms with Crippen molar-refractivity contribution in [2.45, 2.75) is 25.9 Å². The molecule has 1 heterocycles. The second-order valence-corrected chi connectivity index (χ2v) is 6.33. The topological polar surface area (TPSA) is 80.3 Å². The van der Waals surface area contributed by atoms with Crippen LogP contribution in [0.1, 0.15) is 40.4 Å². The molecule has 1 atom stereocenters. The molecule has 1 fully saturated rings. The van der Waals surface area contributed by atoms with Gasteiger partial charge in [0, 0.05) is 19.0 Å². The second-order valence-electron chi connectivity index (χ2n) is 6.33. The molecule has 2 amide bonds. The number of hydrogen-bond acceptors (Lipinski definition) is 4. The summed E-state index contributed by atoms with van der Waals surface area (Å²) in [5.41, 5.74) is 1.69. The Hall–Kier alpha value is -2.80. The van der Waals surface area contributed by atoms with Crippen LogP contribution < -0.4 is 10.6 Å². The fourth-order valence-electron chi connectivity index (χ4n) is 2.90. The van der Waals surface area contributed by atoms with Crippen molar-refractivity contribution >= 4 is 23.8 Å². The molecule has 26 heavy (non-hydrogen) atoms. The molecule has 3 rings (SSSR count). The predicted molar refractivity (Wildman–Crippen MR) is 95.5 cm³/mol. The number of nitrogens with one attached hydrogen (secondary N) is 2. The smallest absolute Gasteiger partial charge is 0.259 e. The van der Waals surface area contributed by atoms with E-state index in [9.17, 15) is 14.0 Å². The molecule has 0 bridgehead atoms. The van der Waals surface area contributed by atoms with Crippen molar-refractivity contribution in [3.8, 4) is 0 Å². The summed E-state index contributed by atoms with van der Waals surface area (Å²) in [7, 11) is 1.67. The highest BCUT2D eigenvalue weighted by atomic mass is 19.1. The normalized spacial score (nSPS) is 14.6. The summed E-state index contributed by atoms with van der Waals surface area (Å²) < 4.78 is 19.6. The first-order valence-corrected chi connectivity index (χ1v) is 8.34. The van der Waals surface area contributed by atoms with Gasteiger partial charge in [-0.2, -0.15) is 0 Å². The Kier molecular flexibility index (Phi) is 5.27. The van der Waals surface area contributed by atoms with Gasteiger partial charge in [0.05, 0.1) is 11.7 Å². The van der Waals surface area contributed by atoms with Gasteiger partial charge in [-0.05, 0) is 55.0 Å². The van der Waals surface area contributed by atoms with Crippen LogP contribution >= 0.6 is 0 Å². The highest BCUT2D eigenvalue weighted by molar-refractivity contribution is 6.04. The van der Waals surface area contributed by atoms with E-state index in [0.29, 0.717) is 29.4 Å². The van der Waals surface area contributed by atoms with Gasteiger partial charge < -0.3 is 15.4 Å². The lowest BCUT2D eigenvalue weighted by Gasteiger charge is -2.15. The summed E-state index contributed by atoms with van der Waals surface area (Å²) in [5, 5.41) is 5.02. The third-order valence-electron chi connectivity index (χ3n) is 4.43. The lowest BCUT2D eigenvalue weighted by Crippen LogP contribution is -2.16. The van der Waals surface area contributed by atoms with Gasteiger partial charge in [-0.25, -0.2) is 9.37 Å². The third kappa shape index (κ3) is 3.88. The second kappa shape index (κ2) is 7.61. The number of aryl methyl sites for hydroxylation is 1. The van der Waals surface area contributed by atoms with Crippen molar-refractivity contribution in [2.75, 3.05) is 17.7 Å². The van der Waals surface area contributed by atoms with Gasteiger partial charge in [0.15, 0.2) is 0 Å². The van der Waals surface area contributed by atoms with Crippen molar-refractivity contribution in [2.24, 2.45) is 5.92 Å². The van der Waals surface area contributed by atoms with Gasteiger partial charge in [0.25, 0.3) is 5.91 Å². The maximum atomic E-state index is 14.1. The Morgan fingerprint density at radius 2 is 2.15 bits per heavy atom. The molecule has 1 unspecified atom stereocenters. The number of anilines is 2. The van der Waals surface area contributed by atoms with Gasteiger partial charge in [0.2, 0.25) is 6.41 Å². The molecule has 6 nitrogen and oxygen atoms in total. The Morgan fingerprint density at radius 3 is 2.73 bits per heavy atom. The van der Waals surface area contributed by atoms with E-state index in [0.717, 1.165) is 18.4 Å². The van der Waals surface area contributed by atoms with Gasteiger partial charge in [-0.1, -0.05) is 6.07 Å². The number of nitrogens with zero attached hydrogens (tertiary/aromatic N) is 1. The largest absolute Gasteiger partial charge is 0.376 e. The van der Waals surface area contributed by atoms with Crippen molar-refractivity contribution in [3.63, 3.8) is 0 Å². The number of rotatable bonds is 7. The number of halogens is 1. The first kappa shape index (κ1) is 18.0. The number of carbonyl (C=O) groups is 2. The summed E-state index contributed by atoms with van der Waals surface area (Å²) in [6.45, 7) is 1.64. The zero-order valence-corrected chi connectivity index (χ0v) is 14.6. The molecule has 1 aromatic carbocycles. The van der Waals surface area contributed by atoms with Gasteiger partial charge in [-0.15, -0.1) is 0 Å². The van der Waals surface area contributed by atoms with E-state index >= 15 is 0 Å². The van der Waals surface area contributed by atoms with E-state index in [1.165, 1.54) is 12.1 Å². The maximum Gasteiger partial charge on any atom is 0.259 e. The number of pyridine rings is 1. The van der Waals surface area contributed by atoms with E-state index < -0.39 is 11.7 Å². The van der Waals surface area contributed by atoms with Crippen LogP contribution in [0.2, 0.25) is 0 Å². The van der Waals surface area contributed by atoms with Crippen LogP contribution in [-0.2, 0) is 9.53 Å². The van der Waals surface area contributed by atoms with Crippen molar-refractivity contribution in [3.05, 3.63) is 53.0 Å². The summed E-state index contributed by atoms with van der Waals surface area (Å²) >= 11 is 0. The van der Waals surface area contributed by atoms with Gasteiger partial charge in [-0.3, -0.25) is 9.59 Å². The van der Waals surface area contributed by atoms with Crippen LogP contribution in [-0.4, -0.2) is 24.4 Å².